The van der Waals surface area contributed by atoms with Crippen LogP contribution in [0.4, 0.5) is 0 Å². The summed E-state index contributed by atoms with van der Waals surface area (Å²) in [6.07, 6.45) is 0. The molecule has 292 valence electrons. The summed E-state index contributed by atoms with van der Waals surface area (Å²) >= 11 is 0. The van der Waals surface area contributed by atoms with Crippen LogP contribution in [0, 0.1) is 0 Å². The van der Waals surface area contributed by atoms with Crippen LogP contribution < -0.4 is 18.1 Å². The highest BCUT2D eigenvalue weighted by Crippen LogP contribution is 2.58. The summed E-state index contributed by atoms with van der Waals surface area (Å²) in [7, 11) is -4.46. The molecule has 2 aliphatic heterocycles. The van der Waals surface area contributed by atoms with E-state index in [9.17, 15) is 9.59 Å². The molecule has 2 atom stereocenters. The molecule has 0 saturated carbocycles. The highest BCUT2D eigenvalue weighted by Gasteiger charge is 2.40. The molecule has 8 nitrogen and oxygen atoms in total. The summed E-state index contributed by atoms with van der Waals surface area (Å²) in [5.74, 6) is 0.823. The SMILES string of the molecule is CC(C)(C)c1cc(-c2cc(C(C)(C)C)cc(C(C)(C)C)c2OP2OC(=O)c3ccc4ccccc4c3O2)c(OP2OC(=O)c3ccccc3O2)c(C(C)(C)C)c1. The van der Waals surface area contributed by atoms with Crippen molar-refractivity contribution in [3.05, 3.63) is 118 Å². The second-order valence-electron chi connectivity index (χ2n) is 18.5. The molecule has 0 amide bonds. The van der Waals surface area contributed by atoms with Crippen LogP contribution in [0.5, 0.6) is 23.0 Å². The Labute approximate surface area is 332 Å². The fourth-order valence-corrected chi connectivity index (χ4v) is 8.75. The molecular weight excluding hydrogens is 742 g/mol. The average Bonchev–Trinajstić information content (AvgIpc) is 3.10. The number of rotatable bonds is 5. The fraction of sp³-hybridized carbons (Fsp3) is 0.348. The van der Waals surface area contributed by atoms with Gasteiger partial charge in [0, 0.05) is 27.6 Å². The smallest absolute Gasteiger partial charge is 0.408 e. The van der Waals surface area contributed by atoms with Crippen molar-refractivity contribution in [2.75, 3.05) is 0 Å². The van der Waals surface area contributed by atoms with Gasteiger partial charge in [0.1, 0.15) is 28.4 Å². The second kappa shape index (κ2) is 14.1. The Morgan fingerprint density at radius 3 is 1.48 bits per heavy atom. The van der Waals surface area contributed by atoms with Crippen LogP contribution in [-0.4, -0.2) is 11.9 Å². The zero-order valence-electron chi connectivity index (χ0n) is 34.2. The summed E-state index contributed by atoms with van der Waals surface area (Å²) in [6.45, 7) is 25.9. The molecule has 0 saturated heterocycles. The molecule has 2 aliphatic rings. The minimum atomic E-state index is -2.26. The monoisotopic (exact) mass is 792 g/mol. The molecule has 0 aromatic heterocycles. The Hall–Kier alpha value is -4.64. The zero-order valence-corrected chi connectivity index (χ0v) is 36.0. The number of para-hydroxylation sites is 1. The summed E-state index contributed by atoms with van der Waals surface area (Å²) in [6, 6.07) is 27.0. The highest BCUT2D eigenvalue weighted by atomic mass is 31.2. The third-order valence-corrected chi connectivity index (χ3v) is 12.0. The van der Waals surface area contributed by atoms with Crippen molar-refractivity contribution in [2.24, 2.45) is 0 Å². The van der Waals surface area contributed by atoms with E-state index in [1.54, 1.807) is 24.3 Å². The molecule has 0 radical (unpaired) electrons. The number of benzene rings is 5. The predicted molar refractivity (Wildman–Crippen MR) is 224 cm³/mol. The molecule has 0 aliphatic carbocycles. The van der Waals surface area contributed by atoms with Gasteiger partial charge in [0.2, 0.25) is 0 Å². The Balaban J connectivity index is 1.48. The van der Waals surface area contributed by atoms with E-state index in [0.29, 0.717) is 34.1 Å². The highest BCUT2D eigenvalue weighted by molar-refractivity contribution is 7.43. The molecule has 5 aromatic carbocycles. The van der Waals surface area contributed by atoms with Crippen molar-refractivity contribution in [3.8, 4) is 34.1 Å². The lowest BCUT2D eigenvalue weighted by Gasteiger charge is -2.33. The Morgan fingerprint density at radius 1 is 0.464 bits per heavy atom. The molecule has 0 fully saturated rings. The molecule has 7 rings (SSSR count). The third kappa shape index (κ3) is 7.71. The Kier molecular flexibility index (Phi) is 9.95. The van der Waals surface area contributed by atoms with E-state index in [0.717, 1.165) is 44.2 Å². The summed E-state index contributed by atoms with van der Waals surface area (Å²) in [5, 5.41) is 1.73. The van der Waals surface area contributed by atoms with Gasteiger partial charge in [-0.15, -0.1) is 0 Å². The third-order valence-electron chi connectivity index (χ3n) is 10.0. The van der Waals surface area contributed by atoms with Gasteiger partial charge in [-0.3, -0.25) is 0 Å². The van der Waals surface area contributed by atoms with Crippen molar-refractivity contribution >= 4 is 39.9 Å². The van der Waals surface area contributed by atoms with Crippen LogP contribution in [0.3, 0.4) is 0 Å². The molecule has 2 heterocycles. The lowest BCUT2D eigenvalue weighted by molar-refractivity contribution is 0.0685. The van der Waals surface area contributed by atoms with Crippen molar-refractivity contribution in [1.82, 2.24) is 0 Å². The first-order valence-corrected chi connectivity index (χ1v) is 21.0. The minimum Gasteiger partial charge on any atom is -0.408 e. The topological polar surface area (TPSA) is 89.5 Å². The van der Waals surface area contributed by atoms with Crippen molar-refractivity contribution in [2.45, 2.75) is 105 Å². The van der Waals surface area contributed by atoms with E-state index < -0.39 is 40.0 Å². The summed E-state index contributed by atoms with van der Waals surface area (Å²) in [5.41, 5.74) is 4.68. The van der Waals surface area contributed by atoms with Crippen molar-refractivity contribution < 1.29 is 36.7 Å². The van der Waals surface area contributed by atoms with Crippen molar-refractivity contribution in [1.29, 1.82) is 0 Å². The normalized spacial score (nSPS) is 17.2. The van der Waals surface area contributed by atoms with Gasteiger partial charge in [-0.2, -0.15) is 0 Å². The van der Waals surface area contributed by atoms with E-state index in [1.807, 2.05) is 36.4 Å². The van der Waals surface area contributed by atoms with Gasteiger partial charge in [0.05, 0.1) is 0 Å². The standard InChI is InChI=1S/C46H50O8P2/c1-43(2,3)28-23-33(39(35(25-28)45(7,8)9)51-55-49-37-20-16-15-19-31(37)41(47)53-55)34-24-29(44(4,5)6)26-36(46(10,11)12)40(34)52-56-50-38-30-18-14-13-17-27(30)21-22-32(38)42(48)54-56/h13-26H,1-12H3. The van der Waals surface area contributed by atoms with E-state index in [1.165, 1.54) is 0 Å². The van der Waals surface area contributed by atoms with Crippen LogP contribution in [-0.2, 0) is 30.7 Å². The summed E-state index contributed by atoms with van der Waals surface area (Å²) in [4.78, 5) is 26.9. The maximum Gasteiger partial charge on any atom is 0.532 e. The molecule has 0 N–H and O–H groups in total. The Bertz CT molecular complexity index is 2370. The maximum absolute atomic E-state index is 13.6. The molecule has 0 bridgehead atoms. The first-order valence-electron chi connectivity index (χ1n) is 18.9. The molecule has 5 aromatic rings. The maximum atomic E-state index is 13.6. The molecule has 56 heavy (non-hydrogen) atoms. The average molecular weight is 793 g/mol. The van der Waals surface area contributed by atoms with Crippen molar-refractivity contribution in [3.63, 3.8) is 0 Å². The minimum absolute atomic E-state index is 0.266. The van der Waals surface area contributed by atoms with Gasteiger partial charge >= 0.3 is 29.1 Å². The fourth-order valence-electron chi connectivity index (χ4n) is 6.70. The second-order valence-corrected chi connectivity index (χ2v) is 20.5. The van der Waals surface area contributed by atoms with E-state index in [4.69, 9.17) is 27.1 Å². The van der Waals surface area contributed by atoms with E-state index in [2.05, 4.69) is 107 Å². The van der Waals surface area contributed by atoms with Crippen LogP contribution in [0.2, 0.25) is 0 Å². The van der Waals surface area contributed by atoms with Gasteiger partial charge in [-0.1, -0.05) is 138 Å². The number of hydrogen-bond donors (Lipinski definition) is 0. The van der Waals surface area contributed by atoms with Gasteiger partial charge in [0.25, 0.3) is 0 Å². The lowest BCUT2D eigenvalue weighted by atomic mass is 9.75. The van der Waals surface area contributed by atoms with Crippen LogP contribution in [0.25, 0.3) is 21.9 Å². The predicted octanol–water partition coefficient (Wildman–Crippen LogP) is 13.4. The first-order chi connectivity index (χ1) is 26.1. The van der Waals surface area contributed by atoms with Gasteiger partial charge in [-0.05, 0) is 68.5 Å². The Morgan fingerprint density at radius 2 is 0.946 bits per heavy atom. The molecule has 2 unspecified atom stereocenters. The van der Waals surface area contributed by atoms with Crippen LogP contribution >= 0.6 is 17.2 Å². The van der Waals surface area contributed by atoms with E-state index in [-0.39, 0.29) is 10.8 Å². The number of fused-ring (bicyclic) bond motifs is 4. The van der Waals surface area contributed by atoms with Gasteiger partial charge in [0.15, 0.2) is 5.75 Å². The van der Waals surface area contributed by atoms with Crippen LogP contribution in [0.1, 0.15) is 126 Å². The van der Waals surface area contributed by atoms with Gasteiger partial charge < -0.3 is 27.1 Å². The largest absolute Gasteiger partial charge is 0.532 e. The summed E-state index contributed by atoms with van der Waals surface area (Å²) < 4.78 is 38.3. The molecule has 10 heteroatoms. The first kappa shape index (κ1) is 39.6. The van der Waals surface area contributed by atoms with Gasteiger partial charge in [-0.25, -0.2) is 9.59 Å². The number of carbonyl (C=O) groups excluding carboxylic acids is 2. The molecule has 0 spiro atoms. The number of hydrogen-bond acceptors (Lipinski definition) is 8. The van der Waals surface area contributed by atoms with E-state index >= 15 is 0 Å². The van der Waals surface area contributed by atoms with Crippen LogP contribution in [0.15, 0.2) is 84.9 Å². The molecular formula is C46H50O8P2. The number of carbonyl (C=O) groups is 2. The zero-order chi connectivity index (χ0) is 40.5. The quantitative estimate of drug-likeness (QED) is 0.163. The lowest BCUT2D eigenvalue weighted by Crippen LogP contribution is -2.21.